The molecule has 1 fully saturated rings. The fourth-order valence-electron chi connectivity index (χ4n) is 4.81. The zero-order chi connectivity index (χ0) is 18.7. The molecule has 0 radical (unpaired) electrons. The normalized spacial score (nSPS) is 19.1. The lowest BCUT2D eigenvalue weighted by molar-refractivity contribution is -0.145. The van der Waals surface area contributed by atoms with E-state index < -0.39 is 0 Å². The number of amides is 1. The maximum absolute atomic E-state index is 12.8. The number of hydrogen-bond donors (Lipinski definition) is 0. The van der Waals surface area contributed by atoms with Gasteiger partial charge in [-0.05, 0) is 36.0 Å². The minimum atomic E-state index is -0.183. The zero-order valence-electron chi connectivity index (χ0n) is 16.1. The molecule has 142 valence electrons. The van der Waals surface area contributed by atoms with Crippen molar-refractivity contribution in [2.75, 3.05) is 33.4 Å². The molecular weight excluding hydrogens is 336 g/mol. The van der Waals surface area contributed by atoms with Crippen LogP contribution in [0.3, 0.4) is 0 Å². The highest BCUT2D eigenvalue weighted by Gasteiger charge is 2.46. The van der Waals surface area contributed by atoms with Crippen molar-refractivity contribution in [3.8, 4) is 0 Å². The van der Waals surface area contributed by atoms with Gasteiger partial charge < -0.3 is 9.64 Å². The Morgan fingerprint density at radius 2 is 1.70 bits per heavy atom. The Kier molecular flexibility index (Phi) is 5.28. The zero-order valence-corrected chi connectivity index (χ0v) is 16.1. The summed E-state index contributed by atoms with van der Waals surface area (Å²) in [5, 5.41) is 0. The lowest BCUT2D eigenvalue weighted by Gasteiger charge is -2.52. The number of piperidine rings is 1. The first-order chi connectivity index (χ1) is 13.2. The first kappa shape index (κ1) is 18.2. The molecule has 1 spiro atoms. The predicted molar refractivity (Wildman–Crippen MR) is 106 cm³/mol. The van der Waals surface area contributed by atoms with Gasteiger partial charge in [-0.2, -0.15) is 0 Å². The third kappa shape index (κ3) is 3.52. The quantitative estimate of drug-likeness (QED) is 0.835. The molecule has 2 aromatic carbocycles. The van der Waals surface area contributed by atoms with Crippen molar-refractivity contribution in [3.05, 3.63) is 71.3 Å². The van der Waals surface area contributed by atoms with Crippen molar-refractivity contribution < 1.29 is 9.53 Å². The van der Waals surface area contributed by atoms with Crippen molar-refractivity contribution in [2.24, 2.45) is 0 Å². The van der Waals surface area contributed by atoms with E-state index in [1.807, 2.05) is 0 Å². The van der Waals surface area contributed by atoms with Crippen LogP contribution >= 0.6 is 0 Å². The van der Waals surface area contributed by atoms with Crippen LogP contribution in [0.2, 0.25) is 0 Å². The number of likely N-dealkylation sites (tertiary alicyclic amines) is 1. The first-order valence-electron chi connectivity index (χ1n) is 9.87. The molecule has 2 heterocycles. The Bertz CT molecular complexity index is 782. The van der Waals surface area contributed by atoms with E-state index in [0.717, 1.165) is 45.4 Å². The van der Waals surface area contributed by atoms with Crippen LogP contribution in [0.1, 0.15) is 29.5 Å². The molecule has 1 amide bonds. The Morgan fingerprint density at radius 3 is 2.44 bits per heavy atom. The molecule has 0 saturated carbocycles. The molecule has 4 nitrogen and oxygen atoms in total. The van der Waals surface area contributed by atoms with E-state index in [9.17, 15) is 4.79 Å². The fraction of sp³-hybridized carbons (Fsp3) is 0.435. The summed E-state index contributed by atoms with van der Waals surface area (Å²) in [7, 11) is 1.60. The van der Waals surface area contributed by atoms with Gasteiger partial charge in [0, 0.05) is 33.3 Å². The Hall–Kier alpha value is -2.17. The third-order valence-corrected chi connectivity index (χ3v) is 6.14. The molecular formula is C23H28N2O2. The van der Waals surface area contributed by atoms with E-state index in [2.05, 4.69) is 64.4 Å². The number of carbonyl (C=O) groups is 1. The van der Waals surface area contributed by atoms with E-state index in [1.165, 1.54) is 16.7 Å². The van der Waals surface area contributed by atoms with Crippen LogP contribution in [0.15, 0.2) is 54.6 Å². The van der Waals surface area contributed by atoms with E-state index in [1.54, 1.807) is 7.11 Å². The lowest BCUT2D eigenvalue weighted by atomic mass is 9.74. The van der Waals surface area contributed by atoms with Crippen LogP contribution in [-0.2, 0) is 28.0 Å². The highest BCUT2D eigenvalue weighted by molar-refractivity contribution is 5.79. The van der Waals surface area contributed by atoms with Crippen LogP contribution in [0.4, 0.5) is 0 Å². The average Bonchev–Trinajstić information content (AvgIpc) is 2.71. The van der Waals surface area contributed by atoms with E-state index in [0.29, 0.717) is 0 Å². The maximum atomic E-state index is 12.8. The molecule has 27 heavy (non-hydrogen) atoms. The van der Waals surface area contributed by atoms with Crippen molar-refractivity contribution in [3.63, 3.8) is 0 Å². The molecule has 0 bridgehead atoms. The van der Waals surface area contributed by atoms with Crippen LogP contribution in [-0.4, -0.2) is 49.1 Å². The standard InChI is InChI=1S/C23H28N2O2/c1-27-18-22(26)25-14-11-20-9-5-6-10-21(20)23(25)12-15-24(16-13-23)17-19-7-3-2-4-8-19/h2-10H,11-18H2,1H3. The summed E-state index contributed by atoms with van der Waals surface area (Å²) in [4.78, 5) is 17.5. The van der Waals surface area contributed by atoms with Gasteiger partial charge in [-0.25, -0.2) is 0 Å². The van der Waals surface area contributed by atoms with Crippen molar-refractivity contribution in [1.82, 2.24) is 9.80 Å². The average molecular weight is 364 g/mol. The monoisotopic (exact) mass is 364 g/mol. The van der Waals surface area contributed by atoms with Gasteiger partial charge >= 0.3 is 0 Å². The molecule has 2 aromatic rings. The second-order valence-corrected chi connectivity index (χ2v) is 7.68. The molecule has 2 aliphatic rings. The summed E-state index contributed by atoms with van der Waals surface area (Å²) in [5.74, 6) is 0.114. The largest absolute Gasteiger partial charge is 0.375 e. The number of ether oxygens (including phenoxy) is 1. The van der Waals surface area contributed by atoms with E-state index in [4.69, 9.17) is 4.74 Å². The van der Waals surface area contributed by atoms with Crippen LogP contribution in [0, 0.1) is 0 Å². The van der Waals surface area contributed by atoms with Crippen LogP contribution in [0.25, 0.3) is 0 Å². The second kappa shape index (κ2) is 7.83. The summed E-state index contributed by atoms with van der Waals surface area (Å²) in [6.45, 7) is 3.93. The molecule has 4 heteroatoms. The van der Waals surface area contributed by atoms with E-state index >= 15 is 0 Å². The molecule has 0 aliphatic carbocycles. The number of nitrogens with zero attached hydrogens (tertiary/aromatic N) is 2. The summed E-state index contributed by atoms with van der Waals surface area (Å²) < 4.78 is 5.18. The molecule has 0 atom stereocenters. The second-order valence-electron chi connectivity index (χ2n) is 7.68. The van der Waals surface area contributed by atoms with Gasteiger partial charge in [0.2, 0.25) is 5.91 Å². The molecule has 2 aliphatic heterocycles. The van der Waals surface area contributed by atoms with Gasteiger partial charge in [0.15, 0.2) is 0 Å². The number of fused-ring (bicyclic) bond motifs is 2. The molecule has 0 N–H and O–H groups in total. The van der Waals surface area contributed by atoms with Gasteiger partial charge in [0.1, 0.15) is 6.61 Å². The lowest BCUT2D eigenvalue weighted by Crippen LogP contribution is -2.58. The molecule has 1 saturated heterocycles. The van der Waals surface area contributed by atoms with Gasteiger partial charge in [-0.3, -0.25) is 9.69 Å². The number of benzene rings is 2. The van der Waals surface area contributed by atoms with Gasteiger partial charge in [0.05, 0.1) is 5.54 Å². The SMILES string of the molecule is COCC(=O)N1CCc2ccccc2C12CCN(Cc1ccccc1)CC2. The summed E-state index contributed by atoms with van der Waals surface area (Å²) >= 11 is 0. The van der Waals surface area contributed by atoms with Gasteiger partial charge in [0.25, 0.3) is 0 Å². The fourth-order valence-corrected chi connectivity index (χ4v) is 4.81. The molecule has 4 rings (SSSR count). The predicted octanol–water partition coefficient (Wildman–Crippen LogP) is 3.21. The van der Waals surface area contributed by atoms with Crippen molar-refractivity contribution in [1.29, 1.82) is 0 Å². The minimum Gasteiger partial charge on any atom is -0.375 e. The van der Waals surface area contributed by atoms with Crippen LogP contribution < -0.4 is 0 Å². The maximum Gasteiger partial charge on any atom is 0.249 e. The highest BCUT2D eigenvalue weighted by Crippen LogP contribution is 2.43. The number of hydrogen-bond acceptors (Lipinski definition) is 3. The number of rotatable bonds is 4. The van der Waals surface area contributed by atoms with Crippen molar-refractivity contribution in [2.45, 2.75) is 31.3 Å². The van der Waals surface area contributed by atoms with Crippen molar-refractivity contribution >= 4 is 5.91 Å². The minimum absolute atomic E-state index is 0.114. The van der Waals surface area contributed by atoms with E-state index in [-0.39, 0.29) is 18.1 Å². The Balaban J connectivity index is 1.57. The van der Waals surface area contributed by atoms with Crippen LogP contribution in [0.5, 0.6) is 0 Å². The summed E-state index contributed by atoms with van der Waals surface area (Å²) in [6, 6.07) is 19.3. The third-order valence-electron chi connectivity index (χ3n) is 6.14. The highest BCUT2D eigenvalue weighted by atomic mass is 16.5. The Labute approximate surface area is 161 Å². The van der Waals surface area contributed by atoms with Gasteiger partial charge in [-0.15, -0.1) is 0 Å². The summed E-state index contributed by atoms with van der Waals surface area (Å²) in [5.41, 5.74) is 3.91. The summed E-state index contributed by atoms with van der Waals surface area (Å²) in [6.07, 6.45) is 2.89. The number of carbonyl (C=O) groups excluding carboxylic acids is 1. The topological polar surface area (TPSA) is 32.8 Å². The molecule has 0 aromatic heterocycles. The number of methoxy groups -OCH3 is 1. The molecule has 0 unspecified atom stereocenters. The Morgan fingerprint density at radius 1 is 1.00 bits per heavy atom. The first-order valence-corrected chi connectivity index (χ1v) is 9.87. The smallest absolute Gasteiger partial charge is 0.249 e. The van der Waals surface area contributed by atoms with Gasteiger partial charge in [-0.1, -0.05) is 54.6 Å².